The molecule has 0 radical (unpaired) electrons. The Morgan fingerprint density at radius 2 is 1.97 bits per heavy atom. The van der Waals surface area contributed by atoms with E-state index in [-0.39, 0.29) is 35.0 Å². The number of ether oxygens (including phenoxy) is 3. The van der Waals surface area contributed by atoms with Gasteiger partial charge in [0.2, 0.25) is 5.91 Å². The number of thiophene rings is 1. The number of amides is 1. The summed E-state index contributed by atoms with van der Waals surface area (Å²) in [5.41, 5.74) is -0.286. The van der Waals surface area contributed by atoms with Crippen molar-refractivity contribution in [1.82, 2.24) is 5.32 Å². The van der Waals surface area contributed by atoms with Crippen LogP contribution in [0, 0.1) is 22.7 Å². The molecule has 190 valence electrons. The average Bonchev–Trinajstić information content (AvgIpc) is 3.38. The Kier molecular flexibility index (Phi) is 7.22. The predicted molar refractivity (Wildman–Crippen MR) is 135 cm³/mol. The fourth-order valence-electron chi connectivity index (χ4n) is 6.93. The first-order chi connectivity index (χ1) is 16.9. The lowest BCUT2D eigenvalue weighted by Gasteiger charge is -2.62. The second-order valence-corrected chi connectivity index (χ2v) is 11.9. The van der Waals surface area contributed by atoms with Crippen LogP contribution in [0.3, 0.4) is 0 Å². The maximum absolute atomic E-state index is 12.9. The third kappa shape index (κ3) is 5.01. The quantitative estimate of drug-likeness (QED) is 0.574. The summed E-state index contributed by atoms with van der Waals surface area (Å²) in [5.74, 6) is 1.08. The zero-order chi connectivity index (χ0) is 24.5. The number of aliphatic hydroxyl groups excluding tert-OH is 1. The predicted octanol–water partition coefficient (Wildman–Crippen LogP) is 4.77. The molecule has 3 fully saturated rings. The number of aliphatic hydroxyl groups is 1. The number of fused-ring (bicyclic) bond motifs is 3. The summed E-state index contributed by atoms with van der Waals surface area (Å²) in [5, 5.41) is 16.1. The molecule has 2 heterocycles. The van der Waals surface area contributed by atoms with Crippen LogP contribution in [0.2, 0.25) is 0 Å². The van der Waals surface area contributed by atoms with Crippen LogP contribution >= 0.6 is 11.3 Å². The van der Waals surface area contributed by atoms with E-state index in [4.69, 9.17) is 14.2 Å². The molecule has 1 aromatic carbocycles. The Balaban J connectivity index is 1.23. The van der Waals surface area contributed by atoms with Gasteiger partial charge in [0, 0.05) is 16.7 Å². The van der Waals surface area contributed by atoms with E-state index in [1.54, 1.807) is 11.3 Å². The average molecular weight is 500 g/mol. The third-order valence-electron chi connectivity index (χ3n) is 8.81. The maximum Gasteiger partial charge on any atom is 0.220 e. The number of para-hydroxylation sites is 1. The van der Waals surface area contributed by atoms with Crippen molar-refractivity contribution in [3.05, 3.63) is 52.7 Å². The van der Waals surface area contributed by atoms with Gasteiger partial charge in [-0.3, -0.25) is 4.79 Å². The lowest BCUT2D eigenvalue weighted by atomic mass is 9.46. The van der Waals surface area contributed by atoms with E-state index in [2.05, 4.69) is 19.2 Å². The van der Waals surface area contributed by atoms with Gasteiger partial charge in [0.05, 0.1) is 25.4 Å². The lowest BCUT2D eigenvalue weighted by Crippen LogP contribution is -2.63. The minimum atomic E-state index is -0.457. The maximum atomic E-state index is 12.9. The van der Waals surface area contributed by atoms with Crippen molar-refractivity contribution < 1.29 is 24.1 Å². The van der Waals surface area contributed by atoms with Gasteiger partial charge in [-0.25, -0.2) is 0 Å². The Morgan fingerprint density at radius 3 is 2.74 bits per heavy atom. The molecule has 5 rings (SSSR count). The highest BCUT2D eigenvalue weighted by atomic mass is 32.1. The highest BCUT2D eigenvalue weighted by molar-refractivity contribution is 7.09. The van der Waals surface area contributed by atoms with Crippen LogP contribution < -0.4 is 10.1 Å². The van der Waals surface area contributed by atoms with Gasteiger partial charge in [-0.05, 0) is 66.5 Å². The van der Waals surface area contributed by atoms with Crippen LogP contribution in [0.1, 0.15) is 50.8 Å². The van der Waals surface area contributed by atoms with Crippen molar-refractivity contribution in [2.45, 2.75) is 71.0 Å². The Bertz CT molecular complexity index is 984. The second kappa shape index (κ2) is 10.2. The lowest BCUT2D eigenvalue weighted by molar-refractivity contribution is -0.313. The first kappa shape index (κ1) is 24.8. The number of benzene rings is 1. The number of nitrogens with one attached hydrogen (secondary N) is 1. The molecule has 1 aromatic heterocycles. The molecule has 1 saturated heterocycles. The van der Waals surface area contributed by atoms with Crippen LogP contribution in [0.5, 0.6) is 5.75 Å². The van der Waals surface area contributed by atoms with Gasteiger partial charge >= 0.3 is 0 Å². The third-order valence-corrected chi connectivity index (χ3v) is 9.68. The zero-order valence-corrected chi connectivity index (χ0v) is 21.5. The highest BCUT2D eigenvalue weighted by Crippen LogP contribution is 2.62. The molecule has 7 heteroatoms. The number of carbonyl (C=O) groups excluding carboxylic acids is 1. The van der Waals surface area contributed by atoms with Crippen molar-refractivity contribution in [1.29, 1.82) is 0 Å². The van der Waals surface area contributed by atoms with Gasteiger partial charge < -0.3 is 24.6 Å². The summed E-state index contributed by atoms with van der Waals surface area (Å²) in [7, 11) is 0. The molecule has 2 aromatic rings. The monoisotopic (exact) mass is 499 g/mol. The fraction of sp³-hybridized carbons (Fsp3) is 0.607. The molecule has 0 unspecified atom stereocenters. The van der Waals surface area contributed by atoms with Gasteiger partial charge in [0.1, 0.15) is 12.4 Å². The molecular weight excluding hydrogens is 462 g/mol. The molecule has 0 bridgehead atoms. The van der Waals surface area contributed by atoms with Crippen LogP contribution in [-0.4, -0.2) is 42.7 Å². The SMILES string of the molecule is C[C@@]12CO[C@@H](COc3ccccc3)O[C@@H]1CC[C@]1(C)[C@H]2CC[C@@H](O)[C@H]1CC(=O)NCc1cccs1. The normalized spacial score (nSPS) is 36.6. The van der Waals surface area contributed by atoms with Crippen molar-refractivity contribution in [3.63, 3.8) is 0 Å². The first-order valence-corrected chi connectivity index (χ1v) is 13.7. The van der Waals surface area contributed by atoms with E-state index in [1.165, 1.54) is 0 Å². The molecule has 1 aliphatic heterocycles. The van der Waals surface area contributed by atoms with Gasteiger partial charge in [-0.1, -0.05) is 38.1 Å². The molecule has 2 saturated carbocycles. The van der Waals surface area contributed by atoms with E-state index >= 15 is 0 Å². The summed E-state index contributed by atoms with van der Waals surface area (Å²) < 4.78 is 18.5. The van der Waals surface area contributed by atoms with E-state index < -0.39 is 6.10 Å². The Labute approximate surface area is 212 Å². The fourth-order valence-corrected chi connectivity index (χ4v) is 7.57. The number of carbonyl (C=O) groups is 1. The van der Waals surface area contributed by atoms with Gasteiger partial charge in [-0.15, -0.1) is 11.3 Å². The van der Waals surface area contributed by atoms with Crippen LogP contribution in [0.15, 0.2) is 47.8 Å². The van der Waals surface area contributed by atoms with Crippen LogP contribution in [0.4, 0.5) is 0 Å². The molecule has 2 aliphatic carbocycles. The number of hydrogen-bond donors (Lipinski definition) is 2. The highest BCUT2D eigenvalue weighted by Gasteiger charge is 2.61. The number of rotatable bonds is 7. The van der Waals surface area contributed by atoms with Crippen molar-refractivity contribution in [2.75, 3.05) is 13.2 Å². The first-order valence-electron chi connectivity index (χ1n) is 12.8. The molecule has 0 spiro atoms. The molecule has 6 nitrogen and oxygen atoms in total. The summed E-state index contributed by atoms with van der Waals surface area (Å²) >= 11 is 1.64. The topological polar surface area (TPSA) is 77.0 Å². The van der Waals surface area contributed by atoms with Gasteiger partial charge in [-0.2, -0.15) is 0 Å². The van der Waals surface area contributed by atoms with Crippen LogP contribution in [0.25, 0.3) is 0 Å². The standard InChI is InChI=1S/C28H37NO5S/c1-27-13-12-24-28(2,18-33-26(34-24)17-32-19-7-4-3-5-8-19)23(27)11-10-22(30)21(27)15-25(31)29-16-20-9-6-14-35-20/h3-9,14,21-24,26,30H,10-13,15-18H2,1-2H3,(H,29,31)/t21-,22-,23-,24-,26-,27+,28+/m1/s1. The number of hydrogen-bond acceptors (Lipinski definition) is 6. The zero-order valence-electron chi connectivity index (χ0n) is 20.7. The molecule has 1 amide bonds. The Morgan fingerprint density at radius 1 is 1.14 bits per heavy atom. The smallest absolute Gasteiger partial charge is 0.220 e. The van der Waals surface area contributed by atoms with Crippen LogP contribution in [-0.2, 0) is 20.8 Å². The molecule has 2 N–H and O–H groups in total. The molecule has 35 heavy (non-hydrogen) atoms. The van der Waals surface area contributed by atoms with Crippen molar-refractivity contribution in [3.8, 4) is 5.75 Å². The minimum absolute atomic E-state index is 0.0193. The molecule has 3 aliphatic rings. The van der Waals surface area contributed by atoms with E-state index in [0.717, 1.165) is 29.9 Å². The summed E-state index contributed by atoms with van der Waals surface area (Å²) in [6, 6.07) is 13.8. The minimum Gasteiger partial charge on any atom is -0.488 e. The van der Waals surface area contributed by atoms with E-state index in [9.17, 15) is 9.90 Å². The second-order valence-electron chi connectivity index (χ2n) is 10.9. The van der Waals surface area contributed by atoms with Crippen molar-refractivity contribution >= 4 is 17.2 Å². The van der Waals surface area contributed by atoms with E-state index in [1.807, 2.05) is 47.8 Å². The van der Waals surface area contributed by atoms with Gasteiger partial charge in [0.25, 0.3) is 0 Å². The molecular formula is C28H37NO5S. The largest absolute Gasteiger partial charge is 0.488 e. The molecule has 7 atom stereocenters. The van der Waals surface area contributed by atoms with Gasteiger partial charge in [0.15, 0.2) is 6.29 Å². The van der Waals surface area contributed by atoms with E-state index in [0.29, 0.717) is 38.5 Å². The Hall–Kier alpha value is -1.93. The summed E-state index contributed by atoms with van der Waals surface area (Å²) in [6.45, 7) is 6.08. The van der Waals surface area contributed by atoms with Crippen molar-refractivity contribution in [2.24, 2.45) is 22.7 Å². The summed E-state index contributed by atoms with van der Waals surface area (Å²) in [6.07, 6.45) is 3.07. The summed E-state index contributed by atoms with van der Waals surface area (Å²) in [4.78, 5) is 14.0.